The van der Waals surface area contributed by atoms with E-state index in [2.05, 4.69) is 10.4 Å². The molecule has 0 fully saturated rings. The van der Waals surface area contributed by atoms with Crippen LogP contribution < -0.4 is 5.32 Å². The van der Waals surface area contributed by atoms with Gasteiger partial charge in [0.15, 0.2) is 11.6 Å². The summed E-state index contributed by atoms with van der Waals surface area (Å²) in [7, 11) is 0. The predicted octanol–water partition coefficient (Wildman–Crippen LogP) is 5.69. The molecule has 4 nitrogen and oxygen atoms in total. The van der Waals surface area contributed by atoms with E-state index in [4.69, 9.17) is 0 Å². The van der Waals surface area contributed by atoms with Gasteiger partial charge in [0, 0.05) is 17.2 Å². The molecule has 150 valence electrons. The molecule has 1 amide bonds. The molecule has 1 N–H and O–H groups in total. The Bertz CT molecular complexity index is 1230. The molecular formula is C24H19F2N3O. The minimum absolute atomic E-state index is 0.0170. The molecule has 4 aromatic rings. The van der Waals surface area contributed by atoms with Crippen molar-refractivity contribution in [2.45, 2.75) is 13.8 Å². The first-order valence-corrected chi connectivity index (χ1v) is 9.42. The molecule has 0 atom stereocenters. The highest BCUT2D eigenvalue weighted by Crippen LogP contribution is 2.27. The summed E-state index contributed by atoms with van der Waals surface area (Å²) in [4.78, 5) is 12.7. The molecule has 30 heavy (non-hydrogen) atoms. The molecule has 0 unspecified atom stereocenters. The zero-order valence-corrected chi connectivity index (χ0v) is 16.5. The Morgan fingerprint density at radius 2 is 1.63 bits per heavy atom. The van der Waals surface area contributed by atoms with Crippen LogP contribution in [0.4, 0.5) is 14.6 Å². The largest absolute Gasteiger partial charge is 0.306 e. The second-order valence-corrected chi connectivity index (χ2v) is 7.06. The number of nitrogens with one attached hydrogen (secondary N) is 1. The Kier molecular flexibility index (Phi) is 5.14. The van der Waals surface area contributed by atoms with Crippen LogP contribution in [0.3, 0.4) is 0 Å². The lowest BCUT2D eigenvalue weighted by Crippen LogP contribution is -2.16. The van der Waals surface area contributed by atoms with Crippen molar-refractivity contribution in [3.8, 4) is 16.9 Å². The Balaban J connectivity index is 1.77. The van der Waals surface area contributed by atoms with E-state index < -0.39 is 17.5 Å². The van der Waals surface area contributed by atoms with E-state index >= 15 is 0 Å². The van der Waals surface area contributed by atoms with Crippen LogP contribution >= 0.6 is 0 Å². The number of para-hydroxylation sites is 1. The highest BCUT2D eigenvalue weighted by Gasteiger charge is 2.17. The van der Waals surface area contributed by atoms with E-state index in [1.807, 2.05) is 62.4 Å². The van der Waals surface area contributed by atoms with E-state index in [1.165, 1.54) is 6.07 Å². The van der Waals surface area contributed by atoms with Crippen molar-refractivity contribution in [2.75, 3.05) is 5.32 Å². The molecular weight excluding hydrogens is 384 g/mol. The Morgan fingerprint density at radius 3 is 2.33 bits per heavy atom. The standard InChI is InChI=1S/C24H19F2N3O/c1-15-7-9-17(10-8-15)21-14-23(29(28-21)22-6-4-3-5-16(22)2)27-24(30)18-11-12-19(25)20(26)13-18/h3-14H,1-2H3,(H,27,30). The average Bonchev–Trinajstić information content (AvgIpc) is 3.14. The summed E-state index contributed by atoms with van der Waals surface area (Å²) in [5.74, 6) is -2.21. The zero-order chi connectivity index (χ0) is 21.3. The first-order valence-electron chi connectivity index (χ1n) is 9.42. The summed E-state index contributed by atoms with van der Waals surface area (Å²) < 4.78 is 28.4. The quantitative estimate of drug-likeness (QED) is 0.476. The lowest BCUT2D eigenvalue weighted by atomic mass is 10.1. The monoisotopic (exact) mass is 403 g/mol. The average molecular weight is 403 g/mol. The Labute approximate surface area is 172 Å². The van der Waals surface area contributed by atoms with Gasteiger partial charge >= 0.3 is 0 Å². The number of halogens is 2. The number of rotatable bonds is 4. The molecule has 0 saturated heterocycles. The molecule has 0 aliphatic rings. The van der Waals surface area contributed by atoms with Crippen molar-refractivity contribution >= 4 is 11.7 Å². The summed E-state index contributed by atoms with van der Waals surface area (Å²) in [6.07, 6.45) is 0. The number of amides is 1. The minimum atomic E-state index is -1.07. The van der Waals surface area contributed by atoms with Gasteiger partial charge in [-0.15, -0.1) is 0 Å². The van der Waals surface area contributed by atoms with Gasteiger partial charge in [-0.2, -0.15) is 5.10 Å². The predicted molar refractivity (Wildman–Crippen MR) is 113 cm³/mol. The number of nitrogens with zero attached hydrogens (tertiary/aromatic N) is 2. The van der Waals surface area contributed by atoms with Crippen molar-refractivity contribution in [3.05, 3.63) is 101 Å². The number of carbonyl (C=O) groups is 1. The fourth-order valence-corrected chi connectivity index (χ4v) is 3.15. The van der Waals surface area contributed by atoms with Gasteiger partial charge in [-0.1, -0.05) is 48.0 Å². The van der Waals surface area contributed by atoms with Crippen molar-refractivity contribution < 1.29 is 13.6 Å². The van der Waals surface area contributed by atoms with Gasteiger partial charge in [-0.25, -0.2) is 13.5 Å². The molecule has 0 aliphatic carbocycles. The van der Waals surface area contributed by atoms with E-state index in [1.54, 1.807) is 10.7 Å². The maximum absolute atomic E-state index is 13.6. The minimum Gasteiger partial charge on any atom is -0.306 e. The number of anilines is 1. The topological polar surface area (TPSA) is 46.9 Å². The van der Waals surface area contributed by atoms with E-state index in [0.29, 0.717) is 11.5 Å². The van der Waals surface area contributed by atoms with Gasteiger partial charge in [0.25, 0.3) is 5.91 Å². The van der Waals surface area contributed by atoms with Gasteiger partial charge in [0.05, 0.1) is 11.4 Å². The van der Waals surface area contributed by atoms with Crippen LogP contribution in [-0.4, -0.2) is 15.7 Å². The molecule has 0 radical (unpaired) electrons. The van der Waals surface area contributed by atoms with Crippen molar-refractivity contribution in [1.29, 1.82) is 0 Å². The fraction of sp³-hybridized carbons (Fsp3) is 0.0833. The first-order chi connectivity index (χ1) is 14.4. The molecule has 4 rings (SSSR count). The van der Waals surface area contributed by atoms with Crippen LogP contribution in [0.25, 0.3) is 16.9 Å². The summed E-state index contributed by atoms with van der Waals surface area (Å²) in [6, 6.07) is 20.3. The maximum atomic E-state index is 13.6. The van der Waals surface area contributed by atoms with E-state index in [0.717, 1.165) is 34.5 Å². The van der Waals surface area contributed by atoms with Crippen LogP contribution in [0.1, 0.15) is 21.5 Å². The molecule has 3 aromatic carbocycles. The Hall–Kier alpha value is -3.80. The number of benzene rings is 3. The molecule has 0 saturated carbocycles. The van der Waals surface area contributed by atoms with Gasteiger partial charge < -0.3 is 5.32 Å². The van der Waals surface area contributed by atoms with Crippen molar-refractivity contribution in [1.82, 2.24) is 9.78 Å². The molecule has 6 heteroatoms. The number of aryl methyl sites for hydroxylation is 2. The van der Waals surface area contributed by atoms with E-state index in [-0.39, 0.29) is 5.56 Å². The van der Waals surface area contributed by atoms with Crippen LogP contribution in [0.5, 0.6) is 0 Å². The fourth-order valence-electron chi connectivity index (χ4n) is 3.15. The van der Waals surface area contributed by atoms with E-state index in [9.17, 15) is 13.6 Å². The van der Waals surface area contributed by atoms with Crippen molar-refractivity contribution in [3.63, 3.8) is 0 Å². The summed E-state index contributed by atoms with van der Waals surface area (Å²) >= 11 is 0. The zero-order valence-electron chi connectivity index (χ0n) is 16.5. The molecule has 1 aromatic heterocycles. The Morgan fingerprint density at radius 1 is 0.900 bits per heavy atom. The number of hydrogen-bond acceptors (Lipinski definition) is 2. The number of hydrogen-bond donors (Lipinski definition) is 1. The third kappa shape index (κ3) is 3.85. The van der Waals surface area contributed by atoms with Crippen LogP contribution in [0, 0.1) is 25.5 Å². The second kappa shape index (κ2) is 7.91. The van der Waals surface area contributed by atoms with Crippen LogP contribution in [-0.2, 0) is 0 Å². The third-order valence-electron chi connectivity index (χ3n) is 4.82. The van der Waals surface area contributed by atoms with Gasteiger partial charge in [0.2, 0.25) is 0 Å². The van der Waals surface area contributed by atoms with Gasteiger partial charge in [0.1, 0.15) is 5.82 Å². The lowest BCUT2D eigenvalue weighted by molar-refractivity contribution is 0.102. The smallest absolute Gasteiger partial charge is 0.256 e. The lowest BCUT2D eigenvalue weighted by Gasteiger charge is -2.11. The molecule has 1 heterocycles. The highest BCUT2D eigenvalue weighted by atomic mass is 19.2. The normalized spacial score (nSPS) is 10.8. The number of carbonyl (C=O) groups excluding carboxylic acids is 1. The summed E-state index contributed by atoms with van der Waals surface area (Å²) in [5, 5.41) is 7.46. The van der Waals surface area contributed by atoms with Crippen LogP contribution in [0.2, 0.25) is 0 Å². The molecule has 0 bridgehead atoms. The highest BCUT2D eigenvalue weighted by molar-refractivity contribution is 6.04. The second-order valence-electron chi connectivity index (χ2n) is 7.06. The SMILES string of the molecule is Cc1ccc(-c2cc(NC(=O)c3ccc(F)c(F)c3)n(-c3ccccc3C)n2)cc1. The summed E-state index contributed by atoms with van der Waals surface area (Å²) in [6.45, 7) is 3.95. The molecule has 0 spiro atoms. The molecule has 0 aliphatic heterocycles. The van der Waals surface area contributed by atoms with Crippen LogP contribution in [0.15, 0.2) is 72.8 Å². The van der Waals surface area contributed by atoms with Gasteiger partial charge in [-0.3, -0.25) is 4.79 Å². The third-order valence-corrected chi connectivity index (χ3v) is 4.82. The maximum Gasteiger partial charge on any atom is 0.256 e. The van der Waals surface area contributed by atoms with Gasteiger partial charge in [-0.05, 0) is 43.7 Å². The number of aromatic nitrogens is 2. The first kappa shape index (κ1) is 19.5. The summed E-state index contributed by atoms with van der Waals surface area (Å²) in [5.41, 5.74) is 4.50. The van der Waals surface area contributed by atoms with Crippen molar-refractivity contribution in [2.24, 2.45) is 0 Å².